The smallest absolute Gasteiger partial charge is 0.312 e. The number of ether oxygens (including phenoxy) is 1. The van der Waals surface area contributed by atoms with E-state index in [0.29, 0.717) is 11.4 Å². The molecule has 0 saturated carbocycles. The van der Waals surface area contributed by atoms with Crippen LogP contribution in [0.4, 0.5) is 0 Å². The minimum atomic E-state index is -0.299. The summed E-state index contributed by atoms with van der Waals surface area (Å²) in [6.45, 7) is 6.52. The summed E-state index contributed by atoms with van der Waals surface area (Å²) in [7, 11) is 0. The van der Waals surface area contributed by atoms with Gasteiger partial charge in [0.15, 0.2) is 0 Å². The quantitative estimate of drug-likeness (QED) is 0.218. The fraction of sp³-hybridized carbons (Fsp3) is 0.650. The lowest BCUT2D eigenvalue weighted by atomic mass is 9.77. The average molecular weight is 418 g/mol. The van der Waals surface area contributed by atoms with Crippen molar-refractivity contribution in [3.63, 3.8) is 0 Å². The van der Waals surface area contributed by atoms with Crippen LogP contribution in [0.25, 0.3) is 0 Å². The van der Waals surface area contributed by atoms with Crippen LogP contribution in [0.1, 0.15) is 76.1 Å². The SMILES string of the molecule is CCOC(=O)C(CC)(CC)CCCCCC(Br)c1ccccc1Cl. The minimum absolute atomic E-state index is 0.0237. The molecular weight excluding hydrogens is 388 g/mol. The van der Waals surface area contributed by atoms with Crippen molar-refractivity contribution in [1.29, 1.82) is 0 Å². The fourth-order valence-corrected chi connectivity index (χ4v) is 4.25. The molecule has 2 nitrogen and oxygen atoms in total. The van der Waals surface area contributed by atoms with Gasteiger partial charge >= 0.3 is 5.97 Å². The number of unbranched alkanes of at least 4 members (excludes halogenated alkanes) is 2. The number of hydrogen-bond acceptors (Lipinski definition) is 2. The number of hydrogen-bond donors (Lipinski definition) is 0. The Kier molecular flexibility index (Phi) is 9.99. The van der Waals surface area contributed by atoms with Crippen molar-refractivity contribution in [2.75, 3.05) is 6.61 Å². The van der Waals surface area contributed by atoms with Gasteiger partial charge in [0.1, 0.15) is 0 Å². The summed E-state index contributed by atoms with van der Waals surface area (Å²) < 4.78 is 5.29. The second-order valence-corrected chi connectivity index (χ2v) is 7.81. The summed E-state index contributed by atoms with van der Waals surface area (Å²) >= 11 is 9.98. The van der Waals surface area contributed by atoms with Crippen molar-refractivity contribution < 1.29 is 9.53 Å². The molecule has 24 heavy (non-hydrogen) atoms. The Bertz CT molecular complexity index is 500. The van der Waals surface area contributed by atoms with Gasteiger partial charge in [-0.05, 0) is 44.2 Å². The van der Waals surface area contributed by atoms with Crippen LogP contribution in [0.2, 0.25) is 5.02 Å². The molecule has 0 aliphatic rings. The van der Waals surface area contributed by atoms with Gasteiger partial charge in [0.05, 0.1) is 12.0 Å². The van der Waals surface area contributed by atoms with E-state index in [-0.39, 0.29) is 11.4 Å². The number of benzene rings is 1. The van der Waals surface area contributed by atoms with Crippen LogP contribution >= 0.6 is 27.5 Å². The molecule has 0 N–H and O–H groups in total. The van der Waals surface area contributed by atoms with Gasteiger partial charge < -0.3 is 4.74 Å². The molecule has 0 aliphatic carbocycles. The Balaban J connectivity index is 2.41. The predicted molar refractivity (Wildman–Crippen MR) is 106 cm³/mol. The highest BCUT2D eigenvalue weighted by atomic mass is 79.9. The minimum Gasteiger partial charge on any atom is -0.466 e. The van der Waals surface area contributed by atoms with Gasteiger partial charge in [-0.25, -0.2) is 0 Å². The zero-order valence-electron chi connectivity index (χ0n) is 15.1. The van der Waals surface area contributed by atoms with Crippen molar-refractivity contribution in [1.82, 2.24) is 0 Å². The lowest BCUT2D eigenvalue weighted by molar-refractivity contribution is -0.156. The molecule has 1 atom stereocenters. The predicted octanol–water partition coefficient (Wildman–Crippen LogP) is 7.10. The second-order valence-electron chi connectivity index (χ2n) is 6.30. The fourth-order valence-electron chi connectivity index (χ4n) is 3.13. The van der Waals surface area contributed by atoms with Gasteiger partial charge in [-0.1, -0.05) is 78.8 Å². The van der Waals surface area contributed by atoms with Crippen molar-refractivity contribution in [2.45, 2.75) is 70.5 Å². The van der Waals surface area contributed by atoms with Gasteiger partial charge in [0, 0.05) is 9.85 Å². The molecule has 136 valence electrons. The topological polar surface area (TPSA) is 26.3 Å². The maximum atomic E-state index is 12.3. The molecule has 0 aromatic heterocycles. The Hall–Kier alpha value is -0.540. The lowest BCUT2D eigenvalue weighted by Gasteiger charge is -2.29. The summed E-state index contributed by atoms with van der Waals surface area (Å²) in [4.78, 5) is 12.6. The highest BCUT2D eigenvalue weighted by molar-refractivity contribution is 9.09. The van der Waals surface area contributed by atoms with E-state index in [0.717, 1.165) is 55.5 Å². The van der Waals surface area contributed by atoms with Gasteiger partial charge in [-0.2, -0.15) is 0 Å². The van der Waals surface area contributed by atoms with E-state index in [4.69, 9.17) is 16.3 Å². The number of halogens is 2. The molecule has 0 bridgehead atoms. The van der Waals surface area contributed by atoms with Crippen LogP contribution in [0, 0.1) is 5.41 Å². The van der Waals surface area contributed by atoms with Gasteiger partial charge in [0.2, 0.25) is 0 Å². The monoisotopic (exact) mass is 416 g/mol. The first-order chi connectivity index (χ1) is 11.5. The number of alkyl halides is 1. The molecule has 1 aromatic rings. The largest absolute Gasteiger partial charge is 0.466 e. The molecular formula is C20H30BrClO2. The van der Waals surface area contributed by atoms with E-state index in [9.17, 15) is 4.79 Å². The Morgan fingerprint density at radius 3 is 2.42 bits per heavy atom. The maximum absolute atomic E-state index is 12.3. The summed E-state index contributed by atoms with van der Waals surface area (Å²) in [5, 5.41) is 0.817. The highest BCUT2D eigenvalue weighted by Crippen LogP contribution is 2.36. The molecule has 0 amide bonds. The first-order valence-corrected chi connectivity index (χ1v) is 10.4. The molecule has 0 radical (unpaired) electrons. The Morgan fingerprint density at radius 1 is 1.17 bits per heavy atom. The zero-order chi connectivity index (χ0) is 18.0. The Labute approximate surface area is 160 Å². The van der Waals surface area contributed by atoms with Crippen molar-refractivity contribution in [2.24, 2.45) is 5.41 Å². The molecule has 0 spiro atoms. The summed E-state index contributed by atoms with van der Waals surface area (Å²) in [6.07, 6.45) is 6.96. The van der Waals surface area contributed by atoms with Gasteiger partial charge in [0.25, 0.3) is 0 Å². The maximum Gasteiger partial charge on any atom is 0.312 e. The van der Waals surface area contributed by atoms with E-state index >= 15 is 0 Å². The summed E-state index contributed by atoms with van der Waals surface area (Å²) in [5.74, 6) is -0.0237. The van der Waals surface area contributed by atoms with E-state index in [1.54, 1.807) is 0 Å². The molecule has 4 heteroatoms. The first-order valence-electron chi connectivity index (χ1n) is 9.06. The standard InChI is InChI=1S/C20H30BrClO2/c1-4-20(5-2,19(23)24-6-3)15-11-7-8-13-17(21)16-12-9-10-14-18(16)22/h9-10,12,14,17H,4-8,11,13,15H2,1-3H3. The average Bonchev–Trinajstić information content (AvgIpc) is 2.59. The molecule has 0 fully saturated rings. The first kappa shape index (κ1) is 21.5. The molecule has 1 aromatic carbocycles. The van der Waals surface area contributed by atoms with Crippen LogP contribution in [-0.4, -0.2) is 12.6 Å². The van der Waals surface area contributed by atoms with E-state index in [2.05, 4.69) is 35.8 Å². The summed E-state index contributed by atoms with van der Waals surface area (Å²) in [5.41, 5.74) is 0.856. The normalized spacial score (nSPS) is 12.9. The van der Waals surface area contributed by atoms with Crippen LogP contribution in [-0.2, 0) is 9.53 Å². The Morgan fingerprint density at radius 2 is 1.83 bits per heavy atom. The van der Waals surface area contributed by atoms with Crippen LogP contribution in [0.5, 0.6) is 0 Å². The zero-order valence-corrected chi connectivity index (χ0v) is 17.5. The van der Waals surface area contributed by atoms with Crippen LogP contribution in [0.15, 0.2) is 24.3 Å². The summed E-state index contributed by atoms with van der Waals surface area (Å²) in [6, 6.07) is 7.98. The molecule has 0 aliphatic heterocycles. The van der Waals surface area contributed by atoms with E-state index < -0.39 is 0 Å². The number of esters is 1. The van der Waals surface area contributed by atoms with E-state index in [1.807, 2.05) is 25.1 Å². The van der Waals surface area contributed by atoms with Gasteiger partial charge in [-0.15, -0.1) is 0 Å². The lowest BCUT2D eigenvalue weighted by Crippen LogP contribution is -2.32. The number of rotatable bonds is 11. The molecule has 0 heterocycles. The van der Waals surface area contributed by atoms with Crippen molar-refractivity contribution in [3.8, 4) is 0 Å². The van der Waals surface area contributed by atoms with E-state index in [1.165, 1.54) is 0 Å². The number of carbonyl (C=O) groups excluding carboxylic acids is 1. The van der Waals surface area contributed by atoms with Crippen LogP contribution in [0.3, 0.4) is 0 Å². The third-order valence-electron chi connectivity index (χ3n) is 4.92. The van der Waals surface area contributed by atoms with Crippen molar-refractivity contribution >= 4 is 33.5 Å². The third kappa shape index (κ3) is 6.07. The highest BCUT2D eigenvalue weighted by Gasteiger charge is 2.35. The van der Waals surface area contributed by atoms with Gasteiger partial charge in [-0.3, -0.25) is 4.79 Å². The van der Waals surface area contributed by atoms with Crippen molar-refractivity contribution in [3.05, 3.63) is 34.9 Å². The second kappa shape index (κ2) is 11.1. The molecule has 1 rings (SSSR count). The van der Waals surface area contributed by atoms with Crippen LogP contribution < -0.4 is 0 Å². The number of carbonyl (C=O) groups is 1. The molecule has 1 unspecified atom stereocenters. The third-order valence-corrected chi connectivity index (χ3v) is 6.21. The molecule has 0 saturated heterocycles.